The first-order chi connectivity index (χ1) is 2.81. The molecule has 0 aliphatic heterocycles. The molecule has 0 aromatic carbocycles. The number of nitrogens with two attached hydrogens (primary N) is 1. The van der Waals surface area contributed by atoms with E-state index in [2.05, 4.69) is 0 Å². The number of hydrogen-bond acceptors (Lipinski definition) is 1. The molecule has 0 fully saturated rings. The van der Waals surface area contributed by atoms with Crippen molar-refractivity contribution in [3.8, 4) is 0 Å². The highest BCUT2D eigenvalue weighted by Gasteiger charge is 1.95. The lowest BCUT2D eigenvalue weighted by Gasteiger charge is -1.94. The summed E-state index contributed by atoms with van der Waals surface area (Å²) in [7, 11) is 0. The maximum absolute atomic E-state index is 11.0. The second kappa shape index (κ2) is 6.11. The van der Waals surface area contributed by atoms with E-state index < -0.39 is 19.4 Å². The van der Waals surface area contributed by atoms with Gasteiger partial charge in [-0.05, 0) is 0 Å². The van der Waals surface area contributed by atoms with Crippen molar-refractivity contribution in [3.05, 3.63) is 0 Å². The predicted octanol–water partition coefficient (Wildman–Crippen LogP) is 0.675. The van der Waals surface area contributed by atoms with Gasteiger partial charge in [-0.15, -0.1) is 12.4 Å². The molecule has 0 amide bonds. The van der Waals surface area contributed by atoms with E-state index in [1.54, 1.807) is 0 Å². The van der Waals surface area contributed by atoms with Crippen molar-refractivity contribution in [1.29, 1.82) is 0 Å². The van der Waals surface area contributed by atoms with Gasteiger partial charge >= 0.3 is 0 Å². The Balaban J connectivity index is 0. The van der Waals surface area contributed by atoms with Gasteiger partial charge in [-0.2, -0.15) is 0 Å². The van der Waals surface area contributed by atoms with Gasteiger partial charge in [0.05, 0.1) is 6.04 Å². The summed E-state index contributed by atoms with van der Waals surface area (Å²) in [5.41, 5.74) is 4.72. The standard InChI is InChI=1S/C3H7F2N.ClH/c4-1-3(6)2-5;/h3H,1-2,6H2;1H. The Morgan fingerprint density at radius 1 is 1.29 bits per heavy atom. The highest BCUT2D eigenvalue weighted by molar-refractivity contribution is 5.85. The highest BCUT2D eigenvalue weighted by Crippen LogP contribution is 1.77. The Bertz CT molecular complexity index is 32.1. The molecule has 0 bridgehead atoms. The number of hydrogen-bond donors (Lipinski definition) is 1. The van der Waals surface area contributed by atoms with Crippen molar-refractivity contribution in [2.24, 2.45) is 5.73 Å². The first kappa shape index (κ1) is 10.2. The Kier molecular flexibility index (Phi) is 8.87. The maximum atomic E-state index is 11.0. The summed E-state index contributed by atoms with van der Waals surface area (Å²) in [5.74, 6) is 0. The van der Waals surface area contributed by atoms with Gasteiger partial charge in [0.25, 0.3) is 0 Å². The molecule has 0 radical (unpaired) electrons. The van der Waals surface area contributed by atoms with Crippen molar-refractivity contribution in [2.45, 2.75) is 6.04 Å². The number of halogens is 3. The molecule has 46 valence electrons. The van der Waals surface area contributed by atoms with Crippen LogP contribution in [0, 0.1) is 0 Å². The summed E-state index contributed by atoms with van der Waals surface area (Å²) in [6.07, 6.45) is 0. The van der Waals surface area contributed by atoms with Gasteiger partial charge in [0.15, 0.2) is 0 Å². The van der Waals surface area contributed by atoms with Crippen LogP contribution in [-0.2, 0) is 0 Å². The lowest BCUT2D eigenvalue weighted by Crippen LogP contribution is -2.23. The van der Waals surface area contributed by atoms with Crippen LogP contribution in [0.1, 0.15) is 0 Å². The van der Waals surface area contributed by atoms with E-state index >= 15 is 0 Å². The fourth-order valence-electron chi connectivity index (χ4n) is 0.0412. The van der Waals surface area contributed by atoms with Crippen LogP contribution in [0.15, 0.2) is 0 Å². The highest BCUT2D eigenvalue weighted by atomic mass is 35.5. The normalized spacial score (nSPS) is 8.57. The first-order valence-corrected chi connectivity index (χ1v) is 1.68. The van der Waals surface area contributed by atoms with E-state index in [1.165, 1.54) is 0 Å². The minimum Gasteiger partial charge on any atom is -0.323 e. The molecule has 0 aliphatic carbocycles. The quantitative estimate of drug-likeness (QED) is 0.586. The van der Waals surface area contributed by atoms with Crippen molar-refractivity contribution in [3.63, 3.8) is 0 Å². The molecule has 7 heavy (non-hydrogen) atoms. The summed E-state index contributed by atoms with van der Waals surface area (Å²) in [5, 5.41) is 0. The van der Waals surface area contributed by atoms with Crippen LogP contribution in [0.5, 0.6) is 0 Å². The van der Waals surface area contributed by atoms with Gasteiger partial charge in [0.2, 0.25) is 0 Å². The zero-order valence-electron chi connectivity index (χ0n) is 3.73. The topological polar surface area (TPSA) is 26.0 Å². The fraction of sp³-hybridized carbons (Fsp3) is 1.00. The smallest absolute Gasteiger partial charge is 0.107 e. The maximum Gasteiger partial charge on any atom is 0.107 e. The molecule has 4 heteroatoms. The minimum atomic E-state index is -0.898. The molecule has 0 rings (SSSR count). The van der Waals surface area contributed by atoms with Crippen molar-refractivity contribution >= 4 is 12.4 Å². The fourth-order valence-corrected chi connectivity index (χ4v) is 0.0412. The van der Waals surface area contributed by atoms with E-state index in [-0.39, 0.29) is 12.4 Å². The predicted molar refractivity (Wildman–Crippen MR) is 27.2 cm³/mol. The van der Waals surface area contributed by atoms with Crippen molar-refractivity contribution in [2.75, 3.05) is 13.3 Å². The summed E-state index contributed by atoms with van der Waals surface area (Å²) < 4.78 is 22.0. The van der Waals surface area contributed by atoms with Gasteiger partial charge < -0.3 is 5.73 Å². The third kappa shape index (κ3) is 6.11. The van der Waals surface area contributed by atoms with Crippen molar-refractivity contribution in [1.82, 2.24) is 0 Å². The summed E-state index contributed by atoms with van der Waals surface area (Å²) >= 11 is 0. The zero-order valence-corrected chi connectivity index (χ0v) is 4.55. The second-order valence-corrected chi connectivity index (χ2v) is 1.07. The van der Waals surface area contributed by atoms with E-state index in [0.717, 1.165) is 0 Å². The molecular weight excluding hydrogens is 123 g/mol. The molecule has 0 spiro atoms. The molecule has 0 aromatic heterocycles. The van der Waals surface area contributed by atoms with Crippen LogP contribution < -0.4 is 5.73 Å². The van der Waals surface area contributed by atoms with Crippen LogP contribution in [-0.4, -0.2) is 19.4 Å². The van der Waals surface area contributed by atoms with E-state index in [4.69, 9.17) is 5.73 Å². The average Bonchev–Trinajstić information content (AvgIpc) is 1.65. The van der Waals surface area contributed by atoms with Crippen LogP contribution in [0.3, 0.4) is 0 Å². The molecule has 2 N–H and O–H groups in total. The lowest BCUT2D eigenvalue weighted by molar-refractivity contribution is 0.353. The van der Waals surface area contributed by atoms with Crippen LogP contribution in [0.2, 0.25) is 0 Å². The van der Waals surface area contributed by atoms with Crippen LogP contribution >= 0.6 is 12.4 Å². The third-order valence-electron chi connectivity index (χ3n) is 0.396. The number of rotatable bonds is 2. The molecule has 0 unspecified atom stereocenters. The zero-order chi connectivity index (χ0) is 4.99. The molecule has 0 aliphatic rings. The number of alkyl halides is 2. The molecule has 0 aromatic rings. The van der Waals surface area contributed by atoms with Gasteiger partial charge in [0.1, 0.15) is 13.3 Å². The van der Waals surface area contributed by atoms with Gasteiger partial charge in [-0.25, -0.2) is 8.78 Å². The molecule has 0 heterocycles. The third-order valence-corrected chi connectivity index (χ3v) is 0.396. The second-order valence-electron chi connectivity index (χ2n) is 1.07. The summed E-state index contributed by atoms with van der Waals surface area (Å²) in [4.78, 5) is 0. The molecule has 0 atom stereocenters. The summed E-state index contributed by atoms with van der Waals surface area (Å²) in [6.45, 7) is -1.53. The lowest BCUT2D eigenvalue weighted by atomic mass is 10.4. The van der Waals surface area contributed by atoms with E-state index in [1.807, 2.05) is 0 Å². The van der Waals surface area contributed by atoms with Gasteiger partial charge in [-0.3, -0.25) is 0 Å². The Morgan fingerprint density at radius 2 is 1.57 bits per heavy atom. The van der Waals surface area contributed by atoms with Crippen molar-refractivity contribution < 1.29 is 8.78 Å². The monoisotopic (exact) mass is 131 g/mol. The van der Waals surface area contributed by atoms with Gasteiger partial charge in [0, 0.05) is 0 Å². The Labute approximate surface area is 47.3 Å². The van der Waals surface area contributed by atoms with E-state index in [9.17, 15) is 8.78 Å². The Morgan fingerprint density at radius 3 is 1.57 bits per heavy atom. The average molecular weight is 132 g/mol. The molecule has 0 saturated carbocycles. The SMILES string of the molecule is Cl.NC(CF)CF. The molecular formula is C3H8ClF2N. The van der Waals surface area contributed by atoms with E-state index in [0.29, 0.717) is 0 Å². The largest absolute Gasteiger partial charge is 0.323 e. The molecule has 0 saturated heterocycles. The van der Waals surface area contributed by atoms with Crippen LogP contribution in [0.25, 0.3) is 0 Å². The van der Waals surface area contributed by atoms with Crippen LogP contribution in [0.4, 0.5) is 8.78 Å². The molecule has 1 nitrogen and oxygen atoms in total. The first-order valence-electron chi connectivity index (χ1n) is 1.68. The Hall–Kier alpha value is 0.110. The summed E-state index contributed by atoms with van der Waals surface area (Å²) in [6, 6.07) is -0.898. The van der Waals surface area contributed by atoms with Gasteiger partial charge in [-0.1, -0.05) is 0 Å². The minimum absolute atomic E-state index is 0.